The van der Waals surface area contributed by atoms with E-state index in [-0.39, 0.29) is 10.8 Å². The fourth-order valence-corrected chi connectivity index (χ4v) is 4.54. The van der Waals surface area contributed by atoms with E-state index in [4.69, 9.17) is 0 Å². The topological polar surface area (TPSA) is 85.2 Å². The van der Waals surface area contributed by atoms with E-state index in [1.807, 2.05) is 26.3 Å². The second kappa shape index (κ2) is 8.99. The van der Waals surface area contributed by atoms with Crippen molar-refractivity contribution < 1.29 is 13.2 Å². The van der Waals surface area contributed by atoms with Crippen molar-refractivity contribution in [2.45, 2.75) is 18.7 Å². The zero-order valence-corrected chi connectivity index (χ0v) is 19.5. The van der Waals surface area contributed by atoms with Gasteiger partial charge in [-0.1, -0.05) is 18.2 Å². The molecule has 0 bridgehead atoms. The number of aromatic nitrogens is 3. The fraction of sp³-hybridized carbons (Fsp3) is 0.227. The molecule has 162 valence electrons. The van der Waals surface area contributed by atoms with Gasteiger partial charge >= 0.3 is 0 Å². The molecular formula is C22H24N4O3S2. The Morgan fingerprint density at radius 3 is 2.48 bits per heavy atom. The van der Waals surface area contributed by atoms with Gasteiger partial charge in [0.2, 0.25) is 0 Å². The third-order valence-corrected chi connectivity index (χ3v) is 6.83. The molecule has 3 rings (SSSR count). The third-order valence-electron chi connectivity index (χ3n) is 4.84. The van der Waals surface area contributed by atoms with Gasteiger partial charge in [0.1, 0.15) is 0 Å². The summed E-state index contributed by atoms with van der Waals surface area (Å²) in [6, 6.07) is 6.53. The summed E-state index contributed by atoms with van der Waals surface area (Å²) >= 11 is 1.34. The molecule has 0 radical (unpaired) electrons. The number of carbonyl (C=O) groups is 1. The Morgan fingerprint density at radius 1 is 1.26 bits per heavy atom. The smallest absolute Gasteiger partial charge is 0.253 e. The molecule has 0 unspecified atom stereocenters. The maximum atomic E-state index is 12.9. The average Bonchev–Trinajstić information content (AvgIpc) is 3.29. The summed E-state index contributed by atoms with van der Waals surface area (Å²) in [7, 11) is -1.39. The highest BCUT2D eigenvalue weighted by atomic mass is 32.2. The molecule has 31 heavy (non-hydrogen) atoms. The normalized spacial score (nSPS) is 11.7. The maximum absolute atomic E-state index is 12.9. The number of hydrogen-bond acceptors (Lipinski definition) is 6. The van der Waals surface area contributed by atoms with Crippen LogP contribution in [0.25, 0.3) is 17.3 Å². The molecule has 7 nitrogen and oxygen atoms in total. The van der Waals surface area contributed by atoms with Crippen LogP contribution in [0.1, 0.15) is 17.0 Å². The second-order valence-corrected chi connectivity index (χ2v) is 9.94. The average molecular weight is 457 g/mol. The summed E-state index contributed by atoms with van der Waals surface area (Å²) in [4.78, 5) is 19.3. The van der Waals surface area contributed by atoms with Crippen molar-refractivity contribution in [2.75, 3.05) is 17.7 Å². The molecule has 3 aromatic rings. The number of rotatable bonds is 7. The van der Waals surface area contributed by atoms with Crippen LogP contribution in [-0.4, -0.2) is 41.9 Å². The van der Waals surface area contributed by atoms with Gasteiger partial charge < -0.3 is 0 Å². The Labute approximate surface area is 186 Å². The molecule has 0 aliphatic rings. The SMILES string of the molecule is C=CCN(C(=O)C=Cc1c(C)nn(C)c1C)c1nc(-c2ccc(S(C)(=O)=O)cc2)cs1. The van der Waals surface area contributed by atoms with Gasteiger partial charge in [-0.25, -0.2) is 13.4 Å². The Kier molecular flexibility index (Phi) is 6.56. The minimum Gasteiger partial charge on any atom is -0.281 e. The van der Waals surface area contributed by atoms with Gasteiger partial charge in [0.15, 0.2) is 15.0 Å². The van der Waals surface area contributed by atoms with Crippen LogP contribution in [0.3, 0.4) is 0 Å². The van der Waals surface area contributed by atoms with Gasteiger partial charge in [-0.2, -0.15) is 5.10 Å². The number of carbonyl (C=O) groups excluding carboxylic acids is 1. The molecule has 2 aromatic heterocycles. The van der Waals surface area contributed by atoms with Gasteiger partial charge in [0.05, 0.1) is 16.3 Å². The lowest BCUT2D eigenvalue weighted by molar-refractivity contribution is -0.114. The van der Waals surface area contributed by atoms with E-state index in [1.54, 1.807) is 46.0 Å². The number of nitrogens with zero attached hydrogens (tertiary/aromatic N) is 4. The van der Waals surface area contributed by atoms with E-state index in [0.29, 0.717) is 17.4 Å². The molecule has 0 atom stereocenters. The van der Waals surface area contributed by atoms with E-state index in [0.717, 1.165) is 22.5 Å². The highest BCUT2D eigenvalue weighted by Crippen LogP contribution is 2.28. The van der Waals surface area contributed by atoms with Gasteiger partial charge in [0, 0.05) is 48.1 Å². The quantitative estimate of drug-likeness (QED) is 0.399. The van der Waals surface area contributed by atoms with Crippen molar-refractivity contribution in [3.63, 3.8) is 0 Å². The standard InChI is InChI=1S/C22H24N4O3S2/c1-6-13-26(21(27)12-11-19-15(2)24-25(4)16(19)3)22-23-20(14-30-22)17-7-9-18(10-8-17)31(5,28)29/h6-12,14H,1,13H2,2-5H3. The van der Waals surface area contributed by atoms with Crippen molar-refractivity contribution >= 4 is 38.3 Å². The lowest BCUT2D eigenvalue weighted by Crippen LogP contribution is -2.29. The number of amides is 1. The highest BCUT2D eigenvalue weighted by Gasteiger charge is 2.17. The summed E-state index contributed by atoms with van der Waals surface area (Å²) in [5, 5.41) is 6.74. The molecule has 2 heterocycles. The summed E-state index contributed by atoms with van der Waals surface area (Å²) in [5.74, 6) is -0.212. The predicted octanol–water partition coefficient (Wildman–Crippen LogP) is 3.80. The minimum absolute atomic E-state index is 0.212. The van der Waals surface area contributed by atoms with Crippen molar-refractivity contribution in [1.82, 2.24) is 14.8 Å². The number of hydrogen-bond donors (Lipinski definition) is 0. The van der Waals surface area contributed by atoms with Crippen LogP contribution in [0.4, 0.5) is 5.13 Å². The van der Waals surface area contributed by atoms with Crippen molar-refractivity contribution in [3.8, 4) is 11.3 Å². The first-order valence-electron chi connectivity index (χ1n) is 9.48. The lowest BCUT2D eigenvalue weighted by atomic mass is 10.2. The highest BCUT2D eigenvalue weighted by molar-refractivity contribution is 7.90. The monoisotopic (exact) mass is 456 g/mol. The van der Waals surface area contributed by atoms with Gasteiger partial charge in [0.25, 0.3) is 5.91 Å². The van der Waals surface area contributed by atoms with Crippen molar-refractivity contribution in [2.24, 2.45) is 7.05 Å². The first kappa shape index (κ1) is 22.6. The zero-order chi connectivity index (χ0) is 22.8. The van der Waals surface area contributed by atoms with Crippen LogP contribution in [0.2, 0.25) is 0 Å². The number of aryl methyl sites for hydroxylation is 2. The fourth-order valence-electron chi connectivity index (χ4n) is 3.06. The van der Waals surface area contributed by atoms with Gasteiger partial charge in [-0.05, 0) is 32.1 Å². The number of benzene rings is 1. The molecular weight excluding hydrogens is 432 g/mol. The lowest BCUT2D eigenvalue weighted by Gasteiger charge is -2.15. The van der Waals surface area contributed by atoms with Crippen molar-refractivity contribution in [3.05, 3.63) is 65.3 Å². The van der Waals surface area contributed by atoms with E-state index >= 15 is 0 Å². The second-order valence-electron chi connectivity index (χ2n) is 7.09. The van der Waals surface area contributed by atoms with Crippen LogP contribution in [0, 0.1) is 13.8 Å². The molecule has 0 fully saturated rings. The van der Waals surface area contributed by atoms with E-state index in [2.05, 4.69) is 16.7 Å². The summed E-state index contributed by atoms with van der Waals surface area (Å²) in [6.07, 6.45) is 6.11. The Hall–Kier alpha value is -3.04. The van der Waals surface area contributed by atoms with Crippen LogP contribution < -0.4 is 4.90 Å². The minimum atomic E-state index is -3.26. The largest absolute Gasteiger partial charge is 0.281 e. The molecule has 0 spiro atoms. The maximum Gasteiger partial charge on any atom is 0.253 e. The van der Waals surface area contributed by atoms with Gasteiger partial charge in [-0.3, -0.25) is 14.4 Å². The van der Waals surface area contributed by atoms with E-state index in [1.165, 1.54) is 23.7 Å². The number of anilines is 1. The number of sulfone groups is 1. The number of thiazole rings is 1. The van der Waals surface area contributed by atoms with Crippen LogP contribution in [0.5, 0.6) is 0 Å². The summed E-state index contributed by atoms with van der Waals surface area (Å²) in [5.41, 5.74) is 4.20. The Balaban J connectivity index is 1.85. The first-order valence-corrected chi connectivity index (χ1v) is 12.3. The van der Waals surface area contributed by atoms with Crippen LogP contribution in [-0.2, 0) is 21.7 Å². The third kappa shape index (κ3) is 5.00. The van der Waals surface area contributed by atoms with E-state index < -0.39 is 9.84 Å². The molecule has 1 aromatic carbocycles. The molecule has 9 heteroatoms. The molecule has 0 aliphatic heterocycles. The van der Waals surface area contributed by atoms with Crippen LogP contribution in [0.15, 0.2) is 53.3 Å². The van der Waals surface area contributed by atoms with Crippen molar-refractivity contribution in [1.29, 1.82) is 0 Å². The van der Waals surface area contributed by atoms with Crippen LogP contribution >= 0.6 is 11.3 Å². The van der Waals surface area contributed by atoms with E-state index in [9.17, 15) is 13.2 Å². The molecule has 0 saturated heterocycles. The molecule has 0 N–H and O–H groups in total. The molecule has 1 amide bonds. The predicted molar refractivity (Wildman–Crippen MR) is 125 cm³/mol. The molecule has 0 aliphatic carbocycles. The summed E-state index contributed by atoms with van der Waals surface area (Å²) in [6.45, 7) is 7.91. The zero-order valence-electron chi connectivity index (χ0n) is 17.9. The molecule has 0 saturated carbocycles. The first-order chi connectivity index (χ1) is 14.6. The Morgan fingerprint density at radius 2 is 1.94 bits per heavy atom. The summed E-state index contributed by atoms with van der Waals surface area (Å²) < 4.78 is 25.1. The Bertz CT molecular complexity index is 1250. The van der Waals surface area contributed by atoms with Gasteiger partial charge in [-0.15, -0.1) is 17.9 Å².